The number of sulfonamides is 1. The Morgan fingerprint density at radius 1 is 1.07 bits per heavy atom. The molecule has 0 unspecified atom stereocenters. The Bertz CT molecular complexity index is 949. The second kappa shape index (κ2) is 10.4. The molecule has 30 heavy (non-hydrogen) atoms. The lowest BCUT2D eigenvalue weighted by molar-refractivity contribution is -0.119. The van der Waals surface area contributed by atoms with Crippen LogP contribution < -0.4 is 9.62 Å². The van der Waals surface area contributed by atoms with Gasteiger partial charge >= 0.3 is 0 Å². The van der Waals surface area contributed by atoms with E-state index in [-0.39, 0.29) is 22.1 Å². The van der Waals surface area contributed by atoms with Crippen LogP contribution >= 0.6 is 11.8 Å². The summed E-state index contributed by atoms with van der Waals surface area (Å²) >= 11 is 1.75. The van der Waals surface area contributed by atoms with Crippen LogP contribution in [0.4, 0.5) is 5.69 Å². The van der Waals surface area contributed by atoms with Gasteiger partial charge in [0.1, 0.15) is 6.54 Å². The number of hydrogen-bond acceptors (Lipinski definition) is 4. The van der Waals surface area contributed by atoms with Crippen molar-refractivity contribution in [1.82, 2.24) is 5.32 Å². The highest BCUT2D eigenvalue weighted by atomic mass is 32.2. The van der Waals surface area contributed by atoms with Crippen molar-refractivity contribution in [3.8, 4) is 0 Å². The maximum Gasteiger partial charge on any atom is 0.264 e. The molecule has 5 nitrogen and oxygen atoms in total. The molecule has 0 aliphatic carbocycles. The molecule has 0 heterocycles. The van der Waals surface area contributed by atoms with Gasteiger partial charge in [0.05, 0.1) is 10.6 Å². The zero-order chi connectivity index (χ0) is 22.4. The predicted molar refractivity (Wildman–Crippen MR) is 127 cm³/mol. The summed E-state index contributed by atoms with van der Waals surface area (Å²) in [6, 6.07) is 14.0. The largest absolute Gasteiger partial charge is 0.354 e. The third-order valence-electron chi connectivity index (χ3n) is 4.50. The Hall–Kier alpha value is -1.99. The predicted octanol–water partition coefficient (Wildman–Crippen LogP) is 4.40. The highest BCUT2D eigenvalue weighted by Gasteiger charge is 2.28. The van der Waals surface area contributed by atoms with Gasteiger partial charge < -0.3 is 5.32 Å². The first-order valence-electron chi connectivity index (χ1n) is 10.1. The highest BCUT2D eigenvalue weighted by molar-refractivity contribution is 8.00. The highest BCUT2D eigenvalue weighted by Crippen LogP contribution is 2.27. The van der Waals surface area contributed by atoms with E-state index in [1.54, 1.807) is 48.2 Å². The molecule has 0 saturated heterocycles. The van der Waals surface area contributed by atoms with E-state index < -0.39 is 10.0 Å². The number of amides is 1. The van der Waals surface area contributed by atoms with Gasteiger partial charge in [-0.1, -0.05) is 63.6 Å². The molecule has 2 aromatic rings. The average molecular weight is 449 g/mol. The zero-order valence-electron chi connectivity index (χ0n) is 18.4. The van der Waals surface area contributed by atoms with Gasteiger partial charge in [0.15, 0.2) is 0 Å². The van der Waals surface area contributed by atoms with Crippen LogP contribution in [0.5, 0.6) is 0 Å². The summed E-state index contributed by atoms with van der Waals surface area (Å²) in [6.45, 7) is 10.5. The summed E-state index contributed by atoms with van der Waals surface area (Å²) in [6.07, 6.45) is 0.667. The van der Waals surface area contributed by atoms with Gasteiger partial charge in [-0.2, -0.15) is 11.8 Å². The molecule has 0 atom stereocenters. The SMILES string of the molecule is CCc1ccccc1N(CC(=O)NCCSC(C)(C)C)S(=O)(=O)c1ccc(C)cc1. The minimum absolute atomic E-state index is 0.117. The first-order chi connectivity index (χ1) is 14.0. The Morgan fingerprint density at radius 2 is 1.70 bits per heavy atom. The van der Waals surface area contributed by atoms with Crippen LogP contribution in [-0.2, 0) is 21.2 Å². The fourth-order valence-electron chi connectivity index (χ4n) is 2.92. The standard InChI is InChI=1S/C23H32N2O3S2/c1-6-19-9-7-8-10-21(19)25(17-22(26)24-15-16-29-23(3,4)5)30(27,28)20-13-11-18(2)12-14-20/h7-14H,6,15-17H2,1-5H3,(H,24,26). The summed E-state index contributed by atoms with van der Waals surface area (Å²) in [7, 11) is -3.89. The minimum Gasteiger partial charge on any atom is -0.354 e. The van der Waals surface area contributed by atoms with Crippen LogP contribution in [0.3, 0.4) is 0 Å². The van der Waals surface area contributed by atoms with E-state index in [9.17, 15) is 13.2 Å². The van der Waals surface area contributed by atoms with Crippen LogP contribution in [0, 0.1) is 6.92 Å². The molecule has 0 bridgehead atoms. The van der Waals surface area contributed by atoms with Gasteiger partial charge in [0.2, 0.25) is 5.91 Å². The third kappa shape index (κ3) is 6.77. The zero-order valence-corrected chi connectivity index (χ0v) is 20.1. The van der Waals surface area contributed by atoms with E-state index in [4.69, 9.17) is 0 Å². The van der Waals surface area contributed by atoms with Crippen molar-refractivity contribution in [2.75, 3.05) is 23.1 Å². The van der Waals surface area contributed by atoms with E-state index >= 15 is 0 Å². The average Bonchev–Trinajstić information content (AvgIpc) is 2.69. The number of anilines is 1. The molecule has 0 radical (unpaired) electrons. The molecule has 2 aromatic carbocycles. The number of thioether (sulfide) groups is 1. The summed E-state index contributed by atoms with van der Waals surface area (Å²) in [5.74, 6) is 0.456. The molecular formula is C23H32N2O3S2. The number of hydrogen-bond donors (Lipinski definition) is 1. The first kappa shape index (κ1) is 24.3. The first-order valence-corrected chi connectivity index (χ1v) is 12.5. The quantitative estimate of drug-likeness (QED) is 0.578. The lowest BCUT2D eigenvalue weighted by atomic mass is 10.1. The van der Waals surface area contributed by atoms with Crippen LogP contribution in [-0.4, -0.2) is 37.9 Å². The van der Waals surface area contributed by atoms with Crippen molar-refractivity contribution < 1.29 is 13.2 Å². The molecule has 0 aromatic heterocycles. The Labute approximate surface area is 185 Å². The summed E-state index contributed by atoms with van der Waals surface area (Å²) in [5.41, 5.74) is 2.40. The van der Waals surface area contributed by atoms with E-state index in [1.807, 2.05) is 26.0 Å². The number of para-hydroxylation sites is 1. The number of nitrogens with one attached hydrogen (secondary N) is 1. The van der Waals surface area contributed by atoms with E-state index in [0.29, 0.717) is 18.7 Å². The number of benzene rings is 2. The molecule has 1 amide bonds. The van der Waals surface area contributed by atoms with Gasteiger partial charge in [-0.3, -0.25) is 9.10 Å². The maximum absolute atomic E-state index is 13.5. The summed E-state index contributed by atoms with van der Waals surface area (Å²) in [4.78, 5) is 12.8. The smallest absolute Gasteiger partial charge is 0.264 e. The van der Waals surface area contributed by atoms with Crippen molar-refractivity contribution in [1.29, 1.82) is 0 Å². The molecule has 0 aliphatic heterocycles. The monoisotopic (exact) mass is 448 g/mol. The fraction of sp³-hybridized carbons (Fsp3) is 0.435. The fourth-order valence-corrected chi connectivity index (χ4v) is 5.20. The number of aryl methyl sites for hydroxylation is 2. The number of rotatable bonds is 9. The lowest BCUT2D eigenvalue weighted by Crippen LogP contribution is -2.42. The van der Waals surface area contributed by atoms with Crippen LogP contribution in [0.1, 0.15) is 38.8 Å². The lowest BCUT2D eigenvalue weighted by Gasteiger charge is -2.26. The molecule has 7 heteroatoms. The van der Waals surface area contributed by atoms with E-state index in [1.165, 1.54) is 4.31 Å². The summed E-state index contributed by atoms with van der Waals surface area (Å²) in [5, 5.41) is 2.86. The van der Waals surface area contributed by atoms with Crippen LogP contribution in [0.25, 0.3) is 0 Å². The van der Waals surface area contributed by atoms with Gasteiger partial charge in [0, 0.05) is 17.0 Å². The normalized spacial score (nSPS) is 11.9. The van der Waals surface area contributed by atoms with Gasteiger partial charge in [-0.25, -0.2) is 8.42 Å². The van der Waals surface area contributed by atoms with Crippen LogP contribution in [0.2, 0.25) is 0 Å². The van der Waals surface area contributed by atoms with Crippen molar-refractivity contribution in [2.45, 2.75) is 50.7 Å². The van der Waals surface area contributed by atoms with Gasteiger partial charge in [0.25, 0.3) is 10.0 Å². The molecule has 0 spiro atoms. The summed E-state index contributed by atoms with van der Waals surface area (Å²) < 4.78 is 28.2. The van der Waals surface area contributed by atoms with E-state index in [2.05, 4.69) is 26.1 Å². The second-order valence-electron chi connectivity index (χ2n) is 8.12. The van der Waals surface area contributed by atoms with Gasteiger partial charge in [-0.15, -0.1) is 0 Å². The topological polar surface area (TPSA) is 66.5 Å². The molecule has 0 saturated carbocycles. The van der Waals surface area contributed by atoms with Crippen molar-refractivity contribution in [3.63, 3.8) is 0 Å². The molecular weight excluding hydrogens is 416 g/mol. The molecule has 0 fully saturated rings. The van der Waals surface area contributed by atoms with Crippen molar-refractivity contribution in [2.24, 2.45) is 0 Å². The maximum atomic E-state index is 13.5. The number of nitrogens with zero attached hydrogens (tertiary/aromatic N) is 1. The molecule has 2 rings (SSSR count). The Morgan fingerprint density at radius 3 is 2.30 bits per heavy atom. The molecule has 164 valence electrons. The minimum atomic E-state index is -3.89. The number of carbonyl (C=O) groups excluding carboxylic acids is 1. The molecule has 0 aliphatic rings. The third-order valence-corrected chi connectivity index (χ3v) is 7.54. The Balaban J connectivity index is 2.28. The number of carbonyl (C=O) groups is 1. The van der Waals surface area contributed by atoms with Crippen LogP contribution in [0.15, 0.2) is 53.4 Å². The van der Waals surface area contributed by atoms with E-state index in [0.717, 1.165) is 16.9 Å². The van der Waals surface area contributed by atoms with Crippen molar-refractivity contribution in [3.05, 3.63) is 59.7 Å². The second-order valence-corrected chi connectivity index (χ2v) is 11.9. The van der Waals surface area contributed by atoms with Gasteiger partial charge in [-0.05, 0) is 37.1 Å². The molecule has 1 N–H and O–H groups in total. The Kier molecular flexibility index (Phi) is 8.38. The van der Waals surface area contributed by atoms with Crippen molar-refractivity contribution >= 4 is 33.4 Å².